The minimum Gasteiger partial charge on any atom is -0.360 e. The summed E-state index contributed by atoms with van der Waals surface area (Å²) in [6.07, 6.45) is 1.53. The number of nitrogens with one attached hydrogen (secondary N) is 1. The standard InChI is InChI=1S/C8H7Cl2N/c9-8(10)6-11-7-4-2-1-3-5-7/h1-6,11H. The van der Waals surface area contributed by atoms with Crippen LogP contribution in [0.4, 0.5) is 5.69 Å². The van der Waals surface area contributed by atoms with Crippen molar-refractivity contribution >= 4 is 28.9 Å². The third-order valence-electron chi connectivity index (χ3n) is 1.12. The molecule has 0 radical (unpaired) electrons. The summed E-state index contributed by atoms with van der Waals surface area (Å²) in [5, 5.41) is 2.92. The summed E-state index contributed by atoms with van der Waals surface area (Å²) in [5.74, 6) is 0. The van der Waals surface area contributed by atoms with Gasteiger partial charge in [0.25, 0.3) is 0 Å². The van der Waals surface area contributed by atoms with Gasteiger partial charge in [0.1, 0.15) is 4.49 Å². The highest BCUT2D eigenvalue weighted by Gasteiger charge is 1.85. The molecule has 0 bridgehead atoms. The smallest absolute Gasteiger partial charge is 0.122 e. The summed E-state index contributed by atoms with van der Waals surface area (Å²) in [6.45, 7) is 0. The van der Waals surface area contributed by atoms with Crippen LogP contribution >= 0.6 is 23.2 Å². The molecule has 0 fully saturated rings. The van der Waals surface area contributed by atoms with E-state index in [2.05, 4.69) is 5.32 Å². The summed E-state index contributed by atoms with van der Waals surface area (Å²) < 4.78 is 0.217. The molecule has 1 rings (SSSR count). The summed E-state index contributed by atoms with van der Waals surface area (Å²) >= 11 is 10.8. The molecule has 1 aromatic rings. The first kappa shape index (κ1) is 8.44. The molecule has 0 aliphatic heterocycles. The van der Waals surface area contributed by atoms with Crippen molar-refractivity contribution in [3.8, 4) is 0 Å². The summed E-state index contributed by atoms with van der Waals surface area (Å²) in [6, 6.07) is 9.65. The summed E-state index contributed by atoms with van der Waals surface area (Å²) in [5.41, 5.74) is 0.964. The molecule has 11 heavy (non-hydrogen) atoms. The Hall–Kier alpha value is -0.660. The largest absolute Gasteiger partial charge is 0.360 e. The molecule has 0 heterocycles. The van der Waals surface area contributed by atoms with Crippen LogP contribution in [0.2, 0.25) is 0 Å². The summed E-state index contributed by atoms with van der Waals surface area (Å²) in [7, 11) is 0. The zero-order valence-corrected chi connectivity index (χ0v) is 7.23. The van der Waals surface area contributed by atoms with E-state index in [1.807, 2.05) is 30.3 Å². The second kappa shape index (κ2) is 4.27. The fourth-order valence-corrected chi connectivity index (χ4v) is 0.781. The van der Waals surface area contributed by atoms with E-state index in [0.29, 0.717) is 0 Å². The summed E-state index contributed by atoms with van der Waals surface area (Å²) in [4.78, 5) is 0. The fraction of sp³-hybridized carbons (Fsp3) is 0. The van der Waals surface area contributed by atoms with Gasteiger partial charge in [-0.15, -0.1) is 0 Å². The van der Waals surface area contributed by atoms with E-state index in [4.69, 9.17) is 23.2 Å². The van der Waals surface area contributed by atoms with Gasteiger partial charge in [-0.05, 0) is 12.1 Å². The third-order valence-corrected chi connectivity index (χ3v) is 1.34. The highest BCUT2D eigenvalue weighted by Crippen LogP contribution is 2.09. The first-order chi connectivity index (χ1) is 5.29. The first-order valence-corrected chi connectivity index (χ1v) is 3.87. The van der Waals surface area contributed by atoms with E-state index in [-0.39, 0.29) is 4.49 Å². The Balaban J connectivity index is 2.59. The highest BCUT2D eigenvalue weighted by atomic mass is 35.5. The van der Waals surface area contributed by atoms with Crippen LogP contribution in [-0.4, -0.2) is 0 Å². The molecule has 0 aliphatic rings. The average Bonchev–Trinajstić information content (AvgIpc) is 2.03. The number of para-hydroxylation sites is 1. The lowest BCUT2D eigenvalue weighted by molar-refractivity contribution is 1.59. The van der Waals surface area contributed by atoms with Crippen LogP contribution in [-0.2, 0) is 0 Å². The van der Waals surface area contributed by atoms with Crippen molar-refractivity contribution < 1.29 is 0 Å². The van der Waals surface area contributed by atoms with E-state index in [1.54, 1.807) is 0 Å². The Bertz CT molecular complexity index is 240. The predicted octanol–water partition coefficient (Wildman–Crippen LogP) is 3.38. The van der Waals surface area contributed by atoms with Gasteiger partial charge < -0.3 is 5.32 Å². The topological polar surface area (TPSA) is 12.0 Å². The van der Waals surface area contributed by atoms with Gasteiger partial charge in [-0.1, -0.05) is 41.4 Å². The molecule has 0 amide bonds. The number of hydrogen-bond acceptors (Lipinski definition) is 1. The lowest BCUT2D eigenvalue weighted by Crippen LogP contribution is -1.85. The average molecular weight is 188 g/mol. The Morgan fingerprint density at radius 1 is 1.18 bits per heavy atom. The highest BCUT2D eigenvalue weighted by molar-refractivity contribution is 6.55. The normalized spacial score (nSPS) is 8.91. The molecule has 1 nitrogen and oxygen atoms in total. The van der Waals surface area contributed by atoms with Crippen molar-refractivity contribution in [1.82, 2.24) is 0 Å². The maximum Gasteiger partial charge on any atom is 0.122 e. The molecule has 0 unspecified atom stereocenters. The molecule has 0 aliphatic carbocycles. The van der Waals surface area contributed by atoms with Crippen LogP contribution in [0.5, 0.6) is 0 Å². The Kier molecular flexibility index (Phi) is 3.27. The molecule has 1 N–H and O–H groups in total. The number of halogens is 2. The third kappa shape index (κ3) is 3.30. The monoisotopic (exact) mass is 187 g/mol. The van der Waals surface area contributed by atoms with Crippen LogP contribution in [0.15, 0.2) is 41.0 Å². The molecular weight excluding hydrogens is 181 g/mol. The van der Waals surface area contributed by atoms with Crippen LogP contribution < -0.4 is 5.32 Å². The Labute approximate surface area is 75.6 Å². The van der Waals surface area contributed by atoms with Gasteiger partial charge in [-0.2, -0.15) is 0 Å². The van der Waals surface area contributed by atoms with Gasteiger partial charge in [0, 0.05) is 11.9 Å². The van der Waals surface area contributed by atoms with Crippen molar-refractivity contribution in [2.24, 2.45) is 0 Å². The molecule has 1 aromatic carbocycles. The Morgan fingerprint density at radius 3 is 2.36 bits per heavy atom. The van der Waals surface area contributed by atoms with Crippen molar-refractivity contribution in [3.63, 3.8) is 0 Å². The second-order valence-electron chi connectivity index (χ2n) is 1.94. The molecule has 0 saturated heterocycles. The van der Waals surface area contributed by atoms with Gasteiger partial charge in [0.15, 0.2) is 0 Å². The van der Waals surface area contributed by atoms with Crippen LogP contribution in [0.1, 0.15) is 0 Å². The van der Waals surface area contributed by atoms with E-state index in [1.165, 1.54) is 6.20 Å². The molecule has 3 heteroatoms. The van der Waals surface area contributed by atoms with E-state index in [0.717, 1.165) is 5.69 Å². The van der Waals surface area contributed by atoms with Crippen LogP contribution in [0.3, 0.4) is 0 Å². The molecule has 0 aromatic heterocycles. The van der Waals surface area contributed by atoms with Gasteiger partial charge in [0.05, 0.1) is 0 Å². The lowest BCUT2D eigenvalue weighted by atomic mass is 10.3. The van der Waals surface area contributed by atoms with Crippen molar-refractivity contribution in [2.75, 3.05) is 5.32 Å². The fourth-order valence-electron chi connectivity index (χ4n) is 0.672. The first-order valence-electron chi connectivity index (χ1n) is 3.12. The van der Waals surface area contributed by atoms with Crippen molar-refractivity contribution in [1.29, 1.82) is 0 Å². The number of benzene rings is 1. The van der Waals surface area contributed by atoms with Gasteiger partial charge >= 0.3 is 0 Å². The van der Waals surface area contributed by atoms with E-state index < -0.39 is 0 Å². The van der Waals surface area contributed by atoms with Crippen molar-refractivity contribution in [2.45, 2.75) is 0 Å². The van der Waals surface area contributed by atoms with Crippen molar-refractivity contribution in [3.05, 3.63) is 41.0 Å². The SMILES string of the molecule is ClC(Cl)=CNc1ccccc1. The number of rotatable bonds is 2. The number of hydrogen-bond donors (Lipinski definition) is 1. The molecule has 58 valence electrons. The van der Waals surface area contributed by atoms with E-state index in [9.17, 15) is 0 Å². The zero-order chi connectivity index (χ0) is 8.10. The maximum absolute atomic E-state index is 5.39. The maximum atomic E-state index is 5.39. The lowest BCUT2D eigenvalue weighted by Gasteiger charge is -1.97. The minimum atomic E-state index is 0.217. The van der Waals surface area contributed by atoms with Gasteiger partial charge in [-0.25, -0.2) is 0 Å². The number of anilines is 1. The van der Waals surface area contributed by atoms with Crippen LogP contribution in [0, 0.1) is 0 Å². The van der Waals surface area contributed by atoms with Crippen LogP contribution in [0.25, 0.3) is 0 Å². The molecule has 0 saturated carbocycles. The van der Waals surface area contributed by atoms with E-state index >= 15 is 0 Å². The minimum absolute atomic E-state index is 0.217. The van der Waals surface area contributed by atoms with Gasteiger partial charge in [-0.3, -0.25) is 0 Å². The predicted molar refractivity (Wildman–Crippen MR) is 49.9 cm³/mol. The molecule has 0 spiro atoms. The Morgan fingerprint density at radius 2 is 1.82 bits per heavy atom. The molecule has 0 atom stereocenters. The molecular formula is C8H7Cl2N. The quantitative estimate of drug-likeness (QED) is 0.750. The second-order valence-corrected chi connectivity index (χ2v) is 2.95. The zero-order valence-electron chi connectivity index (χ0n) is 5.72. The van der Waals surface area contributed by atoms with Gasteiger partial charge in [0.2, 0.25) is 0 Å².